The number of aromatic nitrogens is 3. The minimum Gasteiger partial charge on any atom is -0.388 e. The third kappa shape index (κ3) is 4.84. The summed E-state index contributed by atoms with van der Waals surface area (Å²) in [7, 11) is 0. The highest BCUT2D eigenvalue weighted by molar-refractivity contribution is 14.0. The summed E-state index contributed by atoms with van der Waals surface area (Å²) in [5, 5.41) is 25.7. The Morgan fingerprint density at radius 1 is 1.40 bits per heavy atom. The van der Waals surface area contributed by atoms with Crippen molar-refractivity contribution in [2.24, 2.45) is 4.99 Å². The summed E-state index contributed by atoms with van der Waals surface area (Å²) in [5.41, 5.74) is -0.582. The Bertz CT molecular complexity index is 596. The third-order valence-electron chi connectivity index (χ3n) is 4.99. The van der Waals surface area contributed by atoms with Crippen LogP contribution < -0.4 is 10.6 Å². The van der Waals surface area contributed by atoms with Crippen LogP contribution in [0.25, 0.3) is 0 Å². The molecule has 0 bridgehead atoms. The summed E-state index contributed by atoms with van der Waals surface area (Å²) < 4.78 is 2.24. The van der Waals surface area contributed by atoms with Crippen molar-refractivity contribution in [3.05, 3.63) is 11.6 Å². The lowest BCUT2D eigenvalue weighted by atomic mass is 9.80. The minimum atomic E-state index is -0.582. The first-order chi connectivity index (χ1) is 11.5. The van der Waals surface area contributed by atoms with E-state index in [-0.39, 0.29) is 24.0 Å². The van der Waals surface area contributed by atoms with Gasteiger partial charge < -0.3 is 20.3 Å². The van der Waals surface area contributed by atoms with E-state index in [1.54, 1.807) is 0 Å². The van der Waals surface area contributed by atoms with Crippen LogP contribution in [0.15, 0.2) is 4.99 Å². The molecule has 0 saturated heterocycles. The van der Waals surface area contributed by atoms with Crippen LogP contribution in [0.1, 0.15) is 64.0 Å². The molecule has 2 aliphatic rings. The van der Waals surface area contributed by atoms with Gasteiger partial charge in [0.25, 0.3) is 0 Å². The van der Waals surface area contributed by atoms with Crippen LogP contribution in [0, 0.1) is 0 Å². The fourth-order valence-corrected chi connectivity index (χ4v) is 3.38. The van der Waals surface area contributed by atoms with E-state index in [2.05, 4.69) is 51.2 Å². The van der Waals surface area contributed by atoms with E-state index in [1.807, 2.05) is 0 Å². The van der Waals surface area contributed by atoms with Crippen molar-refractivity contribution in [2.75, 3.05) is 13.1 Å². The second-order valence-corrected chi connectivity index (χ2v) is 7.39. The standard InChI is InChI=1S/C17H30N6O.HI/c1-4-18-16(19-11-17(24)8-5-9-17)20-13-6-7-14-21-22-15(12(2)3)23(14)10-13;/h12-13,24H,4-11H2,1-3H3,(H2,18,19,20);1H. The average Bonchev–Trinajstić information content (AvgIpc) is 2.94. The molecule has 1 aromatic rings. The number of nitrogens with one attached hydrogen (secondary N) is 2. The van der Waals surface area contributed by atoms with Gasteiger partial charge in [0.2, 0.25) is 0 Å². The zero-order valence-corrected chi connectivity index (χ0v) is 17.8. The normalized spacial score (nSPS) is 22.0. The van der Waals surface area contributed by atoms with Gasteiger partial charge in [0.1, 0.15) is 11.6 Å². The van der Waals surface area contributed by atoms with Crippen LogP contribution in [0.3, 0.4) is 0 Å². The molecule has 1 atom stereocenters. The molecule has 2 heterocycles. The van der Waals surface area contributed by atoms with Crippen molar-refractivity contribution in [2.45, 2.75) is 77.0 Å². The van der Waals surface area contributed by atoms with Crippen LogP contribution in [-0.4, -0.2) is 50.6 Å². The molecule has 1 aliphatic carbocycles. The summed E-state index contributed by atoms with van der Waals surface area (Å²) in [5.74, 6) is 3.31. The van der Waals surface area contributed by atoms with Crippen molar-refractivity contribution in [3.63, 3.8) is 0 Å². The van der Waals surface area contributed by atoms with Crippen LogP contribution in [0.4, 0.5) is 0 Å². The number of hydrogen-bond acceptors (Lipinski definition) is 4. The SMILES string of the molecule is CCNC(=NCC1(O)CCC1)NC1CCc2nnc(C(C)C)n2C1.I. The molecule has 8 heteroatoms. The maximum absolute atomic E-state index is 10.2. The predicted molar refractivity (Wildman–Crippen MR) is 110 cm³/mol. The van der Waals surface area contributed by atoms with Crippen molar-refractivity contribution in [1.82, 2.24) is 25.4 Å². The smallest absolute Gasteiger partial charge is 0.191 e. The second kappa shape index (κ2) is 8.66. The minimum absolute atomic E-state index is 0. The van der Waals surface area contributed by atoms with Crippen molar-refractivity contribution < 1.29 is 5.11 Å². The van der Waals surface area contributed by atoms with Gasteiger partial charge in [-0.2, -0.15) is 0 Å². The molecule has 1 aromatic heterocycles. The Morgan fingerprint density at radius 2 is 2.16 bits per heavy atom. The molecule has 0 aromatic carbocycles. The molecule has 142 valence electrons. The van der Waals surface area contributed by atoms with E-state index in [4.69, 9.17) is 0 Å². The van der Waals surface area contributed by atoms with E-state index in [0.717, 1.165) is 62.8 Å². The van der Waals surface area contributed by atoms with Gasteiger partial charge in [-0.1, -0.05) is 13.8 Å². The van der Waals surface area contributed by atoms with Crippen LogP contribution in [0.2, 0.25) is 0 Å². The number of guanidine groups is 1. The molecule has 25 heavy (non-hydrogen) atoms. The van der Waals surface area contributed by atoms with E-state index in [1.165, 1.54) is 0 Å². The number of hydrogen-bond donors (Lipinski definition) is 3. The second-order valence-electron chi connectivity index (χ2n) is 7.39. The fourth-order valence-electron chi connectivity index (χ4n) is 3.38. The lowest BCUT2D eigenvalue weighted by Crippen LogP contribution is -2.48. The molecule has 3 rings (SSSR count). The number of halogens is 1. The topological polar surface area (TPSA) is 87.4 Å². The number of nitrogens with zero attached hydrogens (tertiary/aromatic N) is 4. The summed E-state index contributed by atoms with van der Waals surface area (Å²) in [6, 6.07) is 0.305. The molecule has 1 unspecified atom stereocenters. The Morgan fingerprint density at radius 3 is 2.76 bits per heavy atom. The molecule has 1 saturated carbocycles. The molecule has 1 aliphatic heterocycles. The molecular formula is C17H31IN6O. The third-order valence-corrected chi connectivity index (χ3v) is 4.99. The van der Waals surface area contributed by atoms with Gasteiger partial charge in [-0.3, -0.25) is 4.99 Å². The lowest BCUT2D eigenvalue weighted by Gasteiger charge is -2.35. The van der Waals surface area contributed by atoms with E-state index >= 15 is 0 Å². The molecule has 1 fully saturated rings. The quantitative estimate of drug-likeness (QED) is 0.353. The largest absolute Gasteiger partial charge is 0.388 e. The predicted octanol–water partition coefficient (Wildman–Crippen LogP) is 1.80. The highest BCUT2D eigenvalue weighted by atomic mass is 127. The lowest BCUT2D eigenvalue weighted by molar-refractivity contribution is -0.0236. The van der Waals surface area contributed by atoms with Crippen LogP contribution >= 0.6 is 24.0 Å². The highest BCUT2D eigenvalue weighted by Gasteiger charge is 2.34. The van der Waals surface area contributed by atoms with E-state index < -0.39 is 5.60 Å². The van der Waals surface area contributed by atoms with Gasteiger partial charge in [-0.05, 0) is 32.6 Å². The summed E-state index contributed by atoms with van der Waals surface area (Å²) in [4.78, 5) is 4.61. The Labute approximate surface area is 167 Å². The van der Waals surface area contributed by atoms with Crippen molar-refractivity contribution in [1.29, 1.82) is 0 Å². The first-order valence-electron chi connectivity index (χ1n) is 9.20. The molecule has 0 spiro atoms. The van der Waals surface area contributed by atoms with Crippen LogP contribution in [0.5, 0.6) is 0 Å². The maximum atomic E-state index is 10.2. The number of aliphatic hydroxyl groups is 1. The number of rotatable bonds is 5. The van der Waals surface area contributed by atoms with Gasteiger partial charge in [0.15, 0.2) is 5.96 Å². The summed E-state index contributed by atoms with van der Waals surface area (Å²) in [6.45, 7) is 8.52. The highest BCUT2D eigenvalue weighted by Crippen LogP contribution is 2.31. The molecule has 3 N–H and O–H groups in total. The summed E-state index contributed by atoms with van der Waals surface area (Å²) >= 11 is 0. The van der Waals surface area contributed by atoms with E-state index in [0.29, 0.717) is 18.5 Å². The molecule has 0 radical (unpaired) electrons. The molecular weight excluding hydrogens is 431 g/mol. The van der Waals surface area contributed by atoms with Gasteiger partial charge >= 0.3 is 0 Å². The Kier molecular flexibility index (Phi) is 7.07. The Hall–Kier alpha value is -0.900. The summed E-state index contributed by atoms with van der Waals surface area (Å²) in [6.07, 6.45) is 4.78. The zero-order chi connectivity index (χ0) is 17.2. The number of aryl methyl sites for hydroxylation is 1. The maximum Gasteiger partial charge on any atom is 0.191 e. The monoisotopic (exact) mass is 462 g/mol. The molecule has 0 amide bonds. The van der Waals surface area contributed by atoms with Gasteiger partial charge in [0.05, 0.1) is 12.1 Å². The molecule has 7 nitrogen and oxygen atoms in total. The Balaban J connectivity index is 0.00000225. The zero-order valence-electron chi connectivity index (χ0n) is 15.5. The van der Waals surface area contributed by atoms with Gasteiger partial charge in [-0.25, -0.2) is 0 Å². The number of fused-ring (bicyclic) bond motifs is 1. The first-order valence-corrected chi connectivity index (χ1v) is 9.20. The number of aliphatic imine (C=N–C) groups is 1. The van der Waals surface area contributed by atoms with Gasteiger partial charge in [0, 0.05) is 31.5 Å². The van der Waals surface area contributed by atoms with Crippen LogP contribution in [-0.2, 0) is 13.0 Å². The van der Waals surface area contributed by atoms with E-state index in [9.17, 15) is 5.11 Å². The average molecular weight is 462 g/mol. The van der Waals surface area contributed by atoms with Gasteiger partial charge in [-0.15, -0.1) is 34.2 Å². The first kappa shape index (κ1) is 20.4. The van der Waals surface area contributed by atoms with Crippen molar-refractivity contribution in [3.8, 4) is 0 Å². The van der Waals surface area contributed by atoms with Crippen molar-refractivity contribution >= 4 is 29.9 Å². The fraction of sp³-hybridized carbons (Fsp3) is 0.824.